The summed E-state index contributed by atoms with van der Waals surface area (Å²) < 4.78 is 5.52. The van der Waals surface area contributed by atoms with E-state index in [1.807, 2.05) is 55.5 Å². The molecular formula is C25H25N3O. The molecule has 0 radical (unpaired) electrons. The van der Waals surface area contributed by atoms with Gasteiger partial charge in [0.15, 0.2) is 0 Å². The van der Waals surface area contributed by atoms with E-state index < -0.39 is 0 Å². The van der Waals surface area contributed by atoms with Crippen molar-refractivity contribution in [2.45, 2.75) is 25.8 Å². The van der Waals surface area contributed by atoms with Crippen LogP contribution in [0.4, 0.5) is 5.69 Å². The summed E-state index contributed by atoms with van der Waals surface area (Å²) in [6.07, 6.45) is 0. The number of anilines is 1. The largest absolute Gasteiger partial charge is 0.494 e. The van der Waals surface area contributed by atoms with Crippen LogP contribution in [0.5, 0.6) is 5.75 Å². The normalized spacial score (nSPS) is 19.8. The lowest BCUT2D eigenvalue weighted by atomic mass is 9.88. The van der Waals surface area contributed by atoms with E-state index in [2.05, 4.69) is 48.7 Å². The van der Waals surface area contributed by atoms with E-state index in [-0.39, 0.29) is 12.0 Å². The number of benzene rings is 3. The van der Waals surface area contributed by atoms with Crippen LogP contribution in [0.15, 0.2) is 95.0 Å². The predicted molar refractivity (Wildman–Crippen MR) is 120 cm³/mol. The van der Waals surface area contributed by atoms with Gasteiger partial charge in [-0.25, -0.2) is 0 Å². The molecule has 0 saturated carbocycles. The molecule has 0 spiro atoms. The Labute approximate surface area is 172 Å². The number of hydrazone groups is 1. The zero-order valence-electron chi connectivity index (χ0n) is 16.7. The molecule has 2 unspecified atom stereocenters. The molecule has 3 aromatic rings. The molecule has 0 fully saturated rings. The summed E-state index contributed by atoms with van der Waals surface area (Å²) in [4.78, 5) is 4.97. The Balaban J connectivity index is 1.67. The van der Waals surface area contributed by atoms with Crippen molar-refractivity contribution in [3.63, 3.8) is 0 Å². The van der Waals surface area contributed by atoms with Crippen molar-refractivity contribution in [3.05, 3.63) is 96.1 Å². The van der Waals surface area contributed by atoms with Crippen LogP contribution in [0.25, 0.3) is 0 Å². The highest BCUT2D eigenvalue weighted by molar-refractivity contribution is 6.51. The highest BCUT2D eigenvalue weighted by Gasteiger charge is 2.35. The highest BCUT2D eigenvalue weighted by atomic mass is 16.5. The van der Waals surface area contributed by atoms with Crippen molar-refractivity contribution < 1.29 is 4.74 Å². The van der Waals surface area contributed by atoms with Crippen molar-refractivity contribution in [2.24, 2.45) is 10.1 Å². The number of rotatable bonds is 6. The van der Waals surface area contributed by atoms with Crippen LogP contribution >= 0.6 is 0 Å². The van der Waals surface area contributed by atoms with E-state index in [4.69, 9.17) is 14.8 Å². The van der Waals surface area contributed by atoms with E-state index in [0.29, 0.717) is 6.61 Å². The second kappa shape index (κ2) is 8.74. The average molecular weight is 383 g/mol. The van der Waals surface area contributed by atoms with Crippen LogP contribution in [0, 0.1) is 0 Å². The van der Waals surface area contributed by atoms with Gasteiger partial charge in [0.1, 0.15) is 5.75 Å². The summed E-state index contributed by atoms with van der Waals surface area (Å²) in [5.74, 6) is 0.968. The lowest BCUT2D eigenvalue weighted by Crippen LogP contribution is -2.22. The van der Waals surface area contributed by atoms with Gasteiger partial charge in [0.25, 0.3) is 0 Å². The van der Waals surface area contributed by atoms with Crippen molar-refractivity contribution in [1.29, 1.82) is 0 Å². The van der Waals surface area contributed by atoms with Crippen molar-refractivity contribution >= 4 is 17.1 Å². The van der Waals surface area contributed by atoms with E-state index in [1.54, 1.807) is 0 Å². The Morgan fingerprint density at radius 2 is 1.55 bits per heavy atom. The van der Waals surface area contributed by atoms with Crippen LogP contribution in [-0.2, 0) is 0 Å². The minimum absolute atomic E-state index is 0.113. The summed E-state index contributed by atoms with van der Waals surface area (Å²) in [5.41, 5.74) is 8.37. The third-order valence-corrected chi connectivity index (χ3v) is 5.03. The third-order valence-electron chi connectivity index (χ3n) is 5.03. The second-order valence-electron chi connectivity index (χ2n) is 7.04. The van der Waals surface area contributed by atoms with Gasteiger partial charge in [0, 0.05) is 5.56 Å². The number of nitrogens with one attached hydrogen (secondary N) is 1. The molecule has 3 aromatic carbocycles. The molecular weight excluding hydrogens is 358 g/mol. The predicted octanol–water partition coefficient (Wildman–Crippen LogP) is 5.53. The summed E-state index contributed by atoms with van der Waals surface area (Å²) in [6, 6.07) is 28.7. The van der Waals surface area contributed by atoms with Gasteiger partial charge in [-0.1, -0.05) is 60.7 Å². The monoisotopic (exact) mass is 383 g/mol. The standard InChI is InChI=1S/C25H25N3O/c1-3-29-22-16-14-21(15-17-22)27-28-25-23(19-10-6-4-7-11-19)18(2)26-24(25)20-12-8-5-9-13-20/h4-18,23,27H,3H2,1-2H3. The first kappa shape index (κ1) is 18.9. The van der Waals surface area contributed by atoms with Crippen LogP contribution in [0.2, 0.25) is 0 Å². The molecule has 0 bridgehead atoms. The second-order valence-corrected chi connectivity index (χ2v) is 7.04. The maximum atomic E-state index is 5.52. The van der Waals surface area contributed by atoms with E-state index >= 15 is 0 Å². The lowest BCUT2D eigenvalue weighted by molar-refractivity contribution is 0.340. The molecule has 0 amide bonds. The quantitative estimate of drug-likeness (QED) is 0.569. The van der Waals surface area contributed by atoms with Crippen LogP contribution < -0.4 is 10.2 Å². The number of nitrogens with zero attached hydrogens (tertiary/aromatic N) is 2. The maximum absolute atomic E-state index is 5.52. The van der Waals surface area contributed by atoms with Crippen LogP contribution in [0.3, 0.4) is 0 Å². The molecule has 4 heteroatoms. The highest BCUT2D eigenvalue weighted by Crippen LogP contribution is 2.32. The van der Waals surface area contributed by atoms with E-state index in [0.717, 1.165) is 28.4 Å². The molecule has 0 aliphatic carbocycles. The minimum Gasteiger partial charge on any atom is -0.494 e. The SMILES string of the molecule is CCOc1ccc(NN=C2C(c3ccccc3)=NC(C)C2c2ccccc2)cc1. The molecule has 2 atom stereocenters. The van der Waals surface area contributed by atoms with E-state index in [1.165, 1.54) is 5.56 Å². The lowest BCUT2D eigenvalue weighted by Gasteiger charge is -2.17. The zero-order chi connectivity index (χ0) is 20.1. The maximum Gasteiger partial charge on any atom is 0.119 e. The van der Waals surface area contributed by atoms with Gasteiger partial charge in [-0.3, -0.25) is 10.4 Å². The third kappa shape index (κ3) is 4.21. The van der Waals surface area contributed by atoms with Crippen molar-refractivity contribution in [1.82, 2.24) is 0 Å². The van der Waals surface area contributed by atoms with Gasteiger partial charge in [0.05, 0.1) is 35.7 Å². The van der Waals surface area contributed by atoms with Gasteiger partial charge in [-0.2, -0.15) is 5.10 Å². The fourth-order valence-electron chi connectivity index (χ4n) is 3.67. The van der Waals surface area contributed by atoms with Gasteiger partial charge in [-0.05, 0) is 43.7 Å². The Kier molecular flexibility index (Phi) is 5.71. The zero-order valence-corrected chi connectivity index (χ0v) is 16.7. The van der Waals surface area contributed by atoms with Gasteiger partial charge in [0.2, 0.25) is 0 Å². The number of hydrogen-bond acceptors (Lipinski definition) is 4. The Morgan fingerprint density at radius 3 is 2.21 bits per heavy atom. The molecule has 0 saturated heterocycles. The fraction of sp³-hybridized carbons (Fsp3) is 0.200. The molecule has 146 valence electrons. The van der Waals surface area contributed by atoms with Gasteiger partial charge >= 0.3 is 0 Å². The van der Waals surface area contributed by atoms with Crippen molar-refractivity contribution in [3.8, 4) is 5.75 Å². The molecule has 29 heavy (non-hydrogen) atoms. The Morgan fingerprint density at radius 1 is 0.897 bits per heavy atom. The summed E-state index contributed by atoms with van der Waals surface area (Å²) >= 11 is 0. The van der Waals surface area contributed by atoms with Crippen LogP contribution in [0.1, 0.15) is 30.9 Å². The first-order valence-electron chi connectivity index (χ1n) is 10.0. The Hall–Kier alpha value is -3.40. The molecule has 1 N–H and O–H groups in total. The molecule has 4 nitrogen and oxygen atoms in total. The number of aliphatic imine (C=N–C) groups is 1. The smallest absolute Gasteiger partial charge is 0.119 e. The van der Waals surface area contributed by atoms with Gasteiger partial charge < -0.3 is 4.74 Å². The number of hydrogen-bond donors (Lipinski definition) is 1. The Bertz CT molecular complexity index is 995. The first-order valence-corrected chi connectivity index (χ1v) is 10.0. The molecule has 4 rings (SSSR count). The summed E-state index contributed by atoms with van der Waals surface area (Å²) in [6.45, 7) is 4.79. The van der Waals surface area contributed by atoms with E-state index in [9.17, 15) is 0 Å². The molecule has 1 aliphatic heterocycles. The van der Waals surface area contributed by atoms with Crippen molar-refractivity contribution in [2.75, 3.05) is 12.0 Å². The first-order chi connectivity index (χ1) is 14.3. The van der Waals surface area contributed by atoms with Crippen LogP contribution in [-0.4, -0.2) is 24.1 Å². The summed E-state index contributed by atoms with van der Waals surface area (Å²) in [5, 5.41) is 4.83. The fourth-order valence-corrected chi connectivity index (χ4v) is 3.67. The minimum atomic E-state index is 0.113. The molecule has 0 aromatic heterocycles. The molecule has 1 heterocycles. The topological polar surface area (TPSA) is 46.0 Å². The summed E-state index contributed by atoms with van der Waals surface area (Å²) in [7, 11) is 0. The van der Waals surface area contributed by atoms with Gasteiger partial charge in [-0.15, -0.1) is 0 Å². The number of ether oxygens (including phenoxy) is 1. The molecule has 1 aliphatic rings. The average Bonchev–Trinajstić information content (AvgIpc) is 3.11.